The van der Waals surface area contributed by atoms with Crippen molar-refractivity contribution in [2.24, 2.45) is 0 Å². The van der Waals surface area contributed by atoms with Crippen LogP contribution in [0.25, 0.3) is 0 Å². The van der Waals surface area contributed by atoms with Gasteiger partial charge in [-0.3, -0.25) is 0 Å². The van der Waals surface area contributed by atoms with Gasteiger partial charge in [-0.15, -0.1) is 0 Å². The smallest absolute Gasteiger partial charge is 0.339 e. The third-order valence-corrected chi connectivity index (χ3v) is 3.99. The average Bonchev–Trinajstić information content (AvgIpc) is 2.79. The Morgan fingerprint density at radius 2 is 2.12 bits per heavy atom. The van der Waals surface area contributed by atoms with E-state index in [0.717, 1.165) is 5.56 Å². The first-order valence-corrected chi connectivity index (χ1v) is 7.00. The van der Waals surface area contributed by atoms with Crippen LogP contribution in [0.1, 0.15) is 60.9 Å². The third-order valence-electron chi connectivity index (χ3n) is 3.23. The second-order valence-electron chi connectivity index (χ2n) is 4.30. The molecule has 16 heavy (non-hydrogen) atoms. The quantitative estimate of drug-likeness (QED) is 0.745. The van der Waals surface area contributed by atoms with Crippen LogP contribution in [0.15, 0.2) is 10.8 Å². The van der Waals surface area contributed by atoms with Gasteiger partial charge in [0.1, 0.15) is 0 Å². The summed E-state index contributed by atoms with van der Waals surface area (Å²) in [5, 5.41) is 4.06. The SMILES string of the molecule is CCOC(=O)c1cscc1C1CCCCC1. The van der Waals surface area contributed by atoms with Gasteiger partial charge in [0, 0.05) is 5.38 Å². The second kappa shape index (κ2) is 5.48. The molecule has 0 spiro atoms. The van der Waals surface area contributed by atoms with Crippen molar-refractivity contribution in [3.63, 3.8) is 0 Å². The van der Waals surface area contributed by atoms with Gasteiger partial charge in [0.2, 0.25) is 0 Å². The molecule has 0 atom stereocenters. The van der Waals surface area contributed by atoms with Crippen LogP contribution >= 0.6 is 11.3 Å². The lowest BCUT2D eigenvalue weighted by Gasteiger charge is -2.21. The normalized spacial score (nSPS) is 17.3. The van der Waals surface area contributed by atoms with E-state index in [1.807, 2.05) is 12.3 Å². The zero-order chi connectivity index (χ0) is 11.4. The van der Waals surface area contributed by atoms with Crippen LogP contribution in [-0.4, -0.2) is 12.6 Å². The maximum Gasteiger partial charge on any atom is 0.339 e. The maximum atomic E-state index is 11.8. The molecule has 0 radical (unpaired) electrons. The Labute approximate surface area is 101 Å². The Kier molecular flexibility index (Phi) is 3.99. The molecule has 0 aliphatic heterocycles. The second-order valence-corrected chi connectivity index (χ2v) is 5.04. The molecule has 1 heterocycles. The standard InChI is InChI=1S/C13H18O2S/c1-2-15-13(14)12-9-16-8-11(12)10-6-4-3-5-7-10/h8-10H,2-7H2,1H3. The molecular weight excluding hydrogens is 220 g/mol. The lowest BCUT2D eigenvalue weighted by molar-refractivity contribution is 0.0525. The molecule has 1 aliphatic rings. The largest absolute Gasteiger partial charge is 0.462 e. The van der Waals surface area contributed by atoms with E-state index in [4.69, 9.17) is 4.74 Å². The molecule has 3 heteroatoms. The summed E-state index contributed by atoms with van der Waals surface area (Å²) in [6.07, 6.45) is 6.38. The molecule has 88 valence electrons. The summed E-state index contributed by atoms with van der Waals surface area (Å²) in [5.41, 5.74) is 2.03. The Morgan fingerprint density at radius 3 is 2.81 bits per heavy atom. The molecule has 1 saturated carbocycles. The predicted molar refractivity (Wildman–Crippen MR) is 66.1 cm³/mol. The fourth-order valence-corrected chi connectivity index (χ4v) is 3.31. The van der Waals surface area contributed by atoms with Crippen LogP contribution in [0.4, 0.5) is 0 Å². The highest BCUT2D eigenvalue weighted by molar-refractivity contribution is 7.08. The van der Waals surface area contributed by atoms with Crippen LogP contribution < -0.4 is 0 Å². The molecule has 0 unspecified atom stereocenters. The van der Waals surface area contributed by atoms with Crippen LogP contribution in [0.2, 0.25) is 0 Å². The highest BCUT2D eigenvalue weighted by atomic mass is 32.1. The molecular formula is C13H18O2S. The van der Waals surface area contributed by atoms with Crippen molar-refractivity contribution in [1.82, 2.24) is 0 Å². The topological polar surface area (TPSA) is 26.3 Å². The van der Waals surface area contributed by atoms with E-state index < -0.39 is 0 Å². The van der Waals surface area contributed by atoms with Crippen molar-refractivity contribution in [3.8, 4) is 0 Å². The Bertz CT molecular complexity index is 351. The Balaban J connectivity index is 2.14. The van der Waals surface area contributed by atoms with Gasteiger partial charge in [0.25, 0.3) is 0 Å². The van der Waals surface area contributed by atoms with Crippen LogP contribution in [0, 0.1) is 0 Å². The number of rotatable bonds is 3. The van der Waals surface area contributed by atoms with Gasteiger partial charge in [-0.05, 0) is 36.6 Å². The molecule has 0 aromatic carbocycles. The summed E-state index contributed by atoms with van der Waals surface area (Å²) in [4.78, 5) is 11.8. The zero-order valence-electron chi connectivity index (χ0n) is 9.70. The molecule has 1 aromatic rings. The Hall–Kier alpha value is -0.830. The lowest BCUT2D eigenvalue weighted by Crippen LogP contribution is -2.11. The van der Waals surface area contributed by atoms with E-state index in [0.29, 0.717) is 12.5 Å². The minimum absolute atomic E-state index is 0.149. The highest BCUT2D eigenvalue weighted by Crippen LogP contribution is 2.36. The number of hydrogen-bond acceptors (Lipinski definition) is 3. The van der Waals surface area contributed by atoms with Gasteiger partial charge in [-0.25, -0.2) is 4.79 Å². The summed E-state index contributed by atoms with van der Waals surface area (Å²) >= 11 is 1.61. The first-order valence-electron chi connectivity index (χ1n) is 6.06. The van der Waals surface area contributed by atoms with Gasteiger partial charge in [0.15, 0.2) is 0 Å². The molecule has 0 bridgehead atoms. The van der Waals surface area contributed by atoms with E-state index >= 15 is 0 Å². The van der Waals surface area contributed by atoms with Crippen molar-refractivity contribution in [1.29, 1.82) is 0 Å². The van der Waals surface area contributed by atoms with Crippen LogP contribution in [0.5, 0.6) is 0 Å². The fourth-order valence-electron chi connectivity index (χ4n) is 2.41. The average molecular weight is 238 g/mol. The molecule has 0 amide bonds. The van der Waals surface area contributed by atoms with Crippen molar-refractivity contribution >= 4 is 17.3 Å². The highest BCUT2D eigenvalue weighted by Gasteiger charge is 2.22. The van der Waals surface area contributed by atoms with Crippen molar-refractivity contribution < 1.29 is 9.53 Å². The minimum Gasteiger partial charge on any atom is -0.462 e. The number of hydrogen-bond donors (Lipinski definition) is 0. The van der Waals surface area contributed by atoms with Gasteiger partial charge in [0.05, 0.1) is 12.2 Å². The van der Waals surface area contributed by atoms with Gasteiger partial charge < -0.3 is 4.74 Å². The number of carbonyl (C=O) groups is 1. The molecule has 2 nitrogen and oxygen atoms in total. The fraction of sp³-hybridized carbons (Fsp3) is 0.615. The maximum absolute atomic E-state index is 11.8. The summed E-state index contributed by atoms with van der Waals surface area (Å²) < 4.78 is 5.09. The van der Waals surface area contributed by atoms with E-state index in [1.165, 1.54) is 37.7 Å². The summed E-state index contributed by atoms with van der Waals surface area (Å²) in [6, 6.07) is 0. The molecule has 1 aromatic heterocycles. The number of ether oxygens (including phenoxy) is 1. The third kappa shape index (κ3) is 2.46. The van der Waals surface area contributed by atoms with Crippen molar-refractivity contribution in [2.45, 2.75) is 44.9 Å². The summed E-state index contributed by atoms with van der Waals surface area (Å²) in [7, 11) is 0. The monoisotopic (exact) mass is 238 g/mol. The first-order chi connectivity index (χ1) is 7.83. The van der Waals surface area contributed by atoms with Gasteiger partial charge in [-0.2, -0.15) is 11.3 Å². The predicted octanol–water partition coefficient (Wildman–Crippen LogP) is 3.97. The first kappa shape index (κ1) is 11.6. The van der Waals surface area contributed by atoms with E-state index in [9.17, 15) is 4.79 Å². The number of carbonyl (C=O) groups excluding carboxylic acids is 1. The summed E-state index contributed by atoms with van der Waals surface area (Å²) in [5.74, 6) is 0.434. The Morgan fingerprint density at radius 1 is 1.38 bits per heavy atom. The van der Waals surface area contributed by atoms with Crippen molar-refractivity contribution in [3.05, 3.63) is 21.9 Å². The van der Waals surface area contributed by atoms with E-state index in [-0.39, 0.29) is 5.97 Å². The van der Waals surface area contributed by atoms with E-state index in [1.54, 1.807) is 11.3 Å². The van der Waals surface area contributed by atoms with Gasteiger partial charge in [-0.1, -0.05) is 19.3 Å². The molecule has 0 saturated heterocycles. The lowest BCUT2D eigenvalue weighted by atomic mass is 9.84. The number of esters is 1. The number of thiophene rings is 1. The van der Waals surface area contributed by atoms with Crippen LogP contribution in [-0.2, 0) is 4.74 Å². The molecule has 1 aliphatic carbocycles. The van der Waals surface area contributed by atoms with E-state index in [2.05, 4.69) is 5.38 Å². The molecule has 1 fully saturated rings. The molecule has 2 rings (SSSR count). The van der Waals surface area contributed by atoms with Gasteiger partial charge >= 0.3 is 5.97 Å². The zero-order valence-corrected chi connectivity index (χ0v) is 10.5. The van der Waals surface area contributed by atoms with Crippen LogP contribution in [0.3, 0.4) is 0 Å². The summed E-state index contributed by atoms with van der Waals surface area (Å²) in [6.45, 7) is 2.31. The minimum atomic E-state index is -0.149. The van der Waals surface area contributed by atoms with Crippen molar-refractivity contribution in [2.75, 3.05) is 6.61 Å². The molecule has 0 N–H and O–H groups in total.